The molecule has 1 N–H and O–H groups in total. The second-order valence-corrected chi connectivity index (χ2v) is 8.53. The predicted molar refractivity (Wildman–Crippen MR) is 87.6 cm³/mol. The molecule has 0 amide bonds. The molecule has 0 aliphatic heterocycles. The van der Waals surface area contributed by atoms with Crippen molar-refractivity contribution in [2.24, 2.45) is 34.5 Å². The van der Waals surface area contributed by atoms with Gasteiger partial charge < -0.3 is 5.11 Å². The molecule has 0 heterocycles. The number of aliphatic hydroxyl groups excluding tert-OH is 1. The van der Waals surface area contributed by atoms with Crippen molar-refractivity contribution in [1.82, 2.24) is 0 Å². The maximum Gasteiger partial charge on any atom is 0.178 e. The van der Waals surface area contributed by atoms with Crippen LogP contribution >= 0.6 is 0 Å². The van der Waals surface area contributed by atoms with Crippen LogP contribution in [0, 0.1) is 34.5 Å². The Morgan fingerprint density at radius 3 is 2.74 bits per heavy atom. The summed E-state index contributed by atoms with van der Waals surface area (Å²) in [6.07, 6.45) is 10.2. The molecule has 0 aromatic carbocycles. The van der Waals surface area contributed by atoms with Crippen LogP contribution in [0.15, 0.2) is 23.8 Å². The van der Waals surface area contributed by atoms with Crippen molar-refractivity contribution < 1.29 is 14.7 Å². The van der Waals surface area contributed by atoms with Crippen molar-refractivity contribution in [3.05, 3.63) is 23.8 Å². The van der Waals surface area contributed by atoms with Gasteiger partial charge in [0, 0.05) is 29.8 Å². The van der Waals surface area contributed by atoms with Gasteiger partial charge in [-0.3, -0.25) is 9.59 Å². The van der Waals surface area contributed by atoms with Crippen LogP contribution in [-0.2, 0) is 9.59 Å². The highest BCUT2D eigenvalue weighted by molar-refractivity contribution is 6.01. The quantitative estimate of drug-likeness (QED) is 0.809. The third-order valence-electron chi connectivity index (χ3n) is 7.65. The average molecular weight is 314 g/mol. The number of fused-ring (bicyclic) bond motifs is 5. The number of rotatable bonds is 1. The van der Waals surface area contributed by atoms with Crippen molar-refractivity contribution in [3.8, 4) is 0 Å². The highest BCUT2D eigenvalue weighted by Crippen LogP contribution is 2.64. The number of carbonyl (C=O) groups is 2. The maximum absolute atomic E-state index is 12.4. The van der Waals surface area contributed by atoms with Gasteiger partial charge in [0.05, 0.1) is 0 Å². The fourth-order valence-electron chi connectivity index (χ4n) is 6.36. The minimum absolute atomic E-state index is 0.0473. The van der Waals surface area contributed by atoms with Gasteiger partial charge >= 0.3 is 0 Å². The number of hydrogen-bond acceptors (Lipinski definition) is 3. The fraction of sp³-hybridized carbons (Fsp3) is 0.700. The molecular weight excluding hydrogens is 288 g/mol. The summed E-state index contributed by atoms with van der Waals surface area (Å²) < 4.78 is 0. The van der Waals surface area contributed by atoms with Crippen LogP contribution in [0.4, 0.5) is 0 Å². The normalized spacial score (nSPS) is 48.6. The van der Waals surface area contributed by atoms with Gasteiger partial charge in [0.15, 0.2) is 5.78 Å². The molecule has 0 spiro atoms. The summed E-state index contributed by atoms with van der Waals surface area (Å²) in [5, 5.41) is 9.93. The van der Waals surface area contributed by atoms with E-state index >= 15 is 0 Å². The number of Topliss-reactive ketones (excluding diaryl/α,β-unsaturated/α-hetero) is 1. The Bertz CT molecular complexity index is 631. The van der Waals surface area contributed by atoms with Crippen molar-refractivity contribution in [3.63, 3.8) is 0 Å². The molecule has 3 saturated carbocycles. The largest absolute Gasteiger partial charge is 0.396 e. The average Bonchev–Trinajstić information content (AvgIpc) is 2.83. The molecule has 0 saturated heterocycles. The van der Waals surface area contributed by atoms with E-state index in [0.29, 0.717) is 23.5 Å². The maximum atomic E-state index is 12.4. The number of hydrogen-bond donors (Lipinski definition) is 1. The van der Waals surface area contributed by atoms with Crippen molar-refractivity contribution in [2.75, 3.05) is 6.61 Å². The second kappa shape index (κ2) is 4.89. The van der Waals surface area contributed by atoms with E-state index in [-0.39, 0.29) is 29.1 Å². The zero-order valence-corrected chi connectivity index (χ0v) is 14.0. The SMILES string of the molecule is CC12C=CC(=O)C=C1[C@@H](CO)CC1C2CCC2(C)C(=O)CCC12. The van der Waals surface area contributed by atoms with Crippen molar-refractivity contribution >= 4 is 11.6 Å². The first kappa shape index (κ1) is 15.3. The molecular formula is C20H26O3. The Morgan fingerprint density at radius 2 is 2.00 bits per heavy atom. The fourth-order valence-corrected chi connectivity index (χ4v) is 6.36. The van der Waals surface area contributed by atoms with Gasteiger partial charge in [-0.25, -0.2) is 0 Å². The van der Waals surface area contributed by atoms with Crippen molar-refractivity contribution in [1.29, 1.82) is 0 Å². The van der Waals surface area contributed by atoms with Gasteiger partial charge in [0.25, 0.3) is 0 Å². The molecule has 23 heavy (non-hydrogen) atoms. The zero-order chi connectivity index (χ0) is 16.4. The number of carbonyl (C=O) groups excluding carboxylic acids is 2. The molecule has 4 aliphatic carbocycles. The van der Waals surface area contributed by atoms with Crippen LogP contribution < -0.4 is 0 Å². The van der Waals surface area contributed by atoms with Crippen LogP contribution in [0.3, 0.4) is 0 Å². The lowest BCUT2D eigenvalue weighted by atomic mass is 9.46. The summed E-state index contributed by atoms with van der Waals surface area (Å²) in [7, 11) is 0. The van der Waals surface area contributed by atoms with Crippen molar-refractivity contribution in [2.45, 2.75) is 46.0 Å². The molecule has 124 valence electrons. The van der Waals surface area contributed by atoms with E-state index in [9.17, 15) is 14.7 Å². The molecule has 5 unspecified atom stereocenters. The molecule has 0 radical (unpaired) electrons. The first-order chi connectivity index (χ1) is 10.9. The predicted octanol–water partition coefficient (Wildman–Crippen LogP) is 3.08. The number of aliphatic hydroxyl groups is 1. The minimum Gasteiger partial charge on any atom is -0.396 e. The lowest BCUT2D eigenvalue weighted by Crippen LogP contribution is -2.52. The van der Waals surface area contributed by atoms with E-state index in [1.54, 1.807) is 12.2 Å². The Labute approximate surface area is 137 Å². The highest BCUT2D eigenvalue weighted by atomic mass is 16.3. The Morgan fingerprint density at radius 1 is 1.22 bits per heavy atom. The Balaban J connectivity index is 1.77. The third-order valence-corrected chi connectivity index (χ3v) is 7.65. The summed E-state index contributed by atoms with van der Waals surface area (Å²) in [4.78, 5) is 24.3. The van der Waals surface area contributed by atoms with Gasteiger partial charge in [0.1, 0.15) is 5.78 Å². The molecule has 0 aromatic rings. The molecule has 3 fully saturated rings. The molecule has 0 aromatic heterocycles. The summed E-state index contributed by atoms with van der Waals surface area (Å²) >= 11 is 0. The zero-order valence-electron chi connectivity index (χ0n) is 14.0. The first-order valence-corrected chi connectivity index (χ1v) is 8.99. The monoisotopic (exact) mass is 314 g/mol. The van der Waals surface area contributed by atoms with E-state index < -0.39 is 0 Å². The van der Waals surface area contributed by atoms with Crippen LogP contribution in [0.1, 0.15) is 46.0 Å². The van der Waals surface area contributed by atoms with Crippen LogP contribution in [0.2, 0.25) is 0 Å². The molecule has 4 rings (SSSR count). The van der Waals surface area contributed by atoms with Gasteiger partial charge in [-0.1, -0.05) is 25.5 Å². The highest BCUT2D eigenvalue weighted by Gasteiger charge is 2.59. The second-order valence-electron chi connectivity index (χ2n) is 8.53. The Hall–Kier alpha value is -1.22. The van der Waals surface area contributed by atoms with Gasteiger partial charge in [-0.2, -0.15) is 0 Å². The van der Waals surface area contributed by atoms with E-state index in [2.05, 4.69) is 19.9 Å². The van der Waals surface area contributed by atoms with Gasteiger partial charge in [-0.05, 0) is 55.6 Å². The van der Waals surface area contributed by atoms with Gasteiger partial charge in [-0.15, -0.1) is 0 Å². The molecule has 0 bridgehead atoms. The van der Waals surface area contributed by atoms with Gasteiger partial charge in [0.2, 0.25) is 0 Å². The molecule has 6 atom stereocenters. The summed E-state index contributed by atoms with van der Waals surface area (Å²) in [5.74, 6) is 1.98. The Kier molecular flexibility index (Phi) is 3.26. The standard InChI is InChI=1S/C20H26O3/c1-19-7-5-13(22)10-17(19)12(11-21)9-14-15-3-4-18(23)20(15,2)8-6-16(14)19/h5,7,10,12,14-16,21H,3-4,6,8-9,11H2,1-2H3/t12-,14?,15?,16?,19?,20?/m1/s1. The molecule has 3 nitrogen and oxygen atoms in total. The van der Waals surface area contributed by atoms with E-state index in [1.165, 1.54) is 0 Å². The summed E-state index contributed by atoms with van der Waals surface area (Å²) in [6, 6.07) is 0. The molecule has 3 heteroatoms. The number of ketones is 2. The minimum atomic E-state index is -0.146. The van der Waals surface area contributed by atoms with Crippen LogP contribution in [0.5, 0.6) is 0 Å². The smallest absolute Gasteiger partial charge is 0.178 e. The molecule has 4 aliphatic rings. The van der Waals surface area contributed by atoms with Crippen LogP contribution in [-0.4, -0.2) is 23.3 Å². The topological polar surface area (TPSA) is 54.4 Å². The van der Waals surface area contributed by atoms with E-state index in [1.807, 2.05) is 0 Å². The lowest BCUT2D eigenvalue weighted by molar-refractivity contribution is -0.132. The van der Waals surface area contributed by atoms with Crippen LogP contribution in [0.25, 0.3) is 0 Å². The number of allylic oxidation sites excluding steroid dienone is 3. The lowest BCUT2D eigenvalue weighted by Gasteiger charge is -2.57. The van der Waals surface area contributed by atoms with E-state index in [0.717, 1.165) is 37.7 Å². The van der Waals surface area contributed by atoms with E-state index in [4.69, 9.17) is 0 Å². The summed E-state index contributed by atoms with van der Waals surface area (Å²) in [6.45, 7) is 4.51. The first-order valence-electron chi connectivity index (χ1n) is 8.99. The third kappa shape index (κ3) is 1.92. The summed E-state index contributed by atoms with van der Waals surface area (Å²) in [5.41, 5.74) is 0.853.